The van der Waals surface area contributed by atoms with Crippen LogP contribution in [0.25, 0.3) is 0 Å². The van der Waals surface area contributed by atoms with Crippen molar-refractivity contribution in [1.29, 1.82) is 0 Å². The molecule has 106 valence electrons. The molecule has 0 aliphatic rings. The van der Waals surface area contributed by atoms with Crippen LogP contribution in [0.2, 0.25) is 0 Å². The van der Waals surface area contributed by atoms with Gasteiger partial charge in [-0.1, -0.05) is 36.4 Å². The zero-order chi connectivity index (χ0) is 14.2. The first-order chi connectivity index (χ1) is 9.79. The molecular weight excluding hydrogens is 250 g/mol. The SMILES string of the molecule is COCCNc1ccc(C)cc1OCc1ccccc1. The van der Waals surface area contributed by atoms with Crippen LogP contribution in [0.1, 0.15) is 11.1 Å². The van der Waals surface area contributed by atoms with E-state index in [9.17, 15) is 0 Å². The molecule has 0 saturated heterocycles. The van der Waals surface area contributed by atoms with Crippen LogP contribution in [0.3, 0.4) is 0 Å². The van der Waals surface area contributed by atoms with Crippen molar-refractivity contribution in [3.63, 3.8) is 0 Å². The van der Waals surface area contributed by atoms with Gasteiger partial charge in [-0.15, -0.1) is 0 Å². The van der Waals surface area contributed by atoms with Crippen LogP contribution >= 0.6 is 0 Å². The summed E-state index contributed by atoms with van der Waals surface area (Å²) in [6, 6.07) is 16.4. The van der Waals surface area contributed by atoms with Crippen molar-refractivity contribution < 1.29 is 9.47 Å². The van der Waals surface area contributed by atoms with Gasteiger partial charge in [0.05, 0.1) is 12.3 Å². The van der Waals surface area contributed by atoms with Gasteiger partial charge in [-0.3, -0.25) is 0 Å². The number of aryl methyl sites for hydroxylation is 1. The Hall–Kier alpha value is -2.00. The molecule has 1 N–H and O–H groups in total. The lowest BCUT2D eigenvalue weighted by Gasteiger charge is -2.14. The van der Waals surface area contributed by atoms with Gasteiger partial charge in [0, 0.05) is 13.7 Å². The molecule has 0 atom stereocenters. The Morgan fingerprint density at radius 2 is 1.85 bits per heavy atom. The standard InChI is InChI=1S/C17H21NO2/c1-14-8-9-16(18-10-11-19-2)17(12-14)20-13-15-6-4-3-5-7-15/h3-9,12,18H,10-11,13H2,1-2H3. The number of nitrogens with one attached hydrogen (secondary N) is 1. The number of anilines is 1. The molecule has 3 heteroatoms. The summed E-state index contributed by atoms with van der Waals surface area (Å²) < 4.78 is 11.0. The molecule has 0 heterocycles. The van der Waals surface area contributed by atoms with Crippen molar-refractivity contribution in [1.82, 2.24) is 0 Å². The maximum absolute atomic E-state index is 5.93. The van der Waals surface area contributed by atoms with Gasteiger partial charge in [-0.25, -0.2) is 0 Å². The minimum atomic E-state index is 0.573. The molecule has 0 amide bonds. The molecular formula is C17H21NO2. The summed E-state index contributed by atoms with van der Waals surface area (Å²) in [5.41, 5.74) is 3.35. The van der Waals surface area contributed by atoms with E-state index >= 15 is 0 Å². The van der Waals surface area contributed by atoms with Crippen molar-refractivity contribution in [2.24, 2.45) is 0 Å². The zero-order valence-corrected chi connectivity index (χ0v) is 12.1. The molecule has 0 aliphatic carbocycles. The molecule has 20 heavy (non-hydrogen) atoms. The first-order valence-corrected chi connectivity index (χ1v) is 6.80. The fourth-order valence-corrected chi connectivity index (χ4v) is 1.92. The third-order valence-electron chi connectivity index (χ3n) is 3.00. The highest BCUT2D eigenvalue weighted by Crippen LogP contribution is 2.26. The lowest BCUT2D eigenvalue weighted by molar-refractivity contribution is 0.210. The molecule has 0 fully saturated rings. The average Bonchev–Trinajstić information content (AvgIpc) is 2.48. The van der Waals surface area contributed by atoms with Crippen molar-refractivity contribution in [3.8, 4) is 5.75 Å². The van der Waals surface area contributed by atoms with Crippen molar-refractivity contribution in [2.45, 2.75) is 13.5 Å². The van der Waals surface area contributed by atoms with E-state index in [4.69, 9.17) is 9.47 Å². The second-order valence-corrected chi connectivity index (χ2v) is 4.69. The maximum Gasteiger partial charge on any atom is 0.143 e. The van der Waals surface area contributed by atoms with Gasteiger partial charge < -0.3 is 14.8 Å². The number of rotatable bonds is 7. The normalized spacial score (nSPS) is 10.3. The van der Waals surface area contributed by atoms with Crippen LogP contribution in [0.15, 0.2) is 48.5 Å². The van der Waals surface area contributed by atoms with Crippen LogP contribution in [0, 0.1) is 6.92 Å². The van der Waals surface area contributed by atoms with Gasteiger partial charge in [-0.05, 0) is 30.2 Å². The Bertz CT molecular complexity index is 526. The lowest BCUT2D eigenvalue weighted by Crippen LogP contribution is -2.09. The largest absolute Gasteiger partial charge is 0.487 e. The minimum Gasteiger partial charge on any atom is -0.487 e. The lowest BCUT2D eigenvalue weighted by atomic mass is 10.2. The molecule has 0 aliphatic heterocycles. The van der Waals surface area contributed by atoms with E-state index in [0.717, 1.165) is 23.5 Å². The molecule has 3 nitrogen and oxygen atoms in total. The summed E-state index contributed by atoms with van der Waals surface area (Å²) in [5, 5.41) is 3.33. The molecule has 0 spiro atoms. The van der Waals surface area contributed by atoms with E-state index in [1.807, 2.05) is 24.3 Å². The number of methoxy groups -OCH3 is 1. The number of benzene rings is 2. The first-order valence-electron chi connectivity index (χ1n) is 6.80. The Morgan fingerprint density at radius 1 is 1.05 bits per heavy atom. The molecule has 2 rings (SSSR count). The predicted octanol–water partition coefficient (Wildman–Crippen LogP) is 3.63. The molecule has 0 unspecified atom stereocenters. The van der Waals surface area contributed by atoms with E-state index in [0.29, 0.717) is 13.2 Å². The predicted molar refractivity (Wildman–Crippen MR) is 82.3 cm³/mol. The van der Waals surface area contributed by atoms with Gasteiger partial charge in [-0.2, -0.15) is 0 Å². The zero-order valence-electron chi connectivity index (χ0n) is 12.1. The quantitative estimate of drug-likeness (QED) is 0.780. The van der Waals surface area contributed by atoms with Gasteiger partial charge >= 0.3 is 0 Å². The van der Waals surface area contributed by atoms with Gasteiger partial charge in [0.25, 0.3) is 0 Å². The van der Waals surface area contributed by atoms with E-state index in [1.54, 1.807) is 7.11 Å². The summed E-state index contributed by atoms with van der Waals surface area (Å²) in [4.78, 5) is 0. The highest BCUT2D eigenvalue weighted by atomic mass is 16.5. The van der Waals surface area contributed by atoms with Gasteiger partial charge in [0.15, 0.2) is 0 Å². The van der Waals surface area contributed by atoms with Crippen molar-refractivity contribution in [2.75, 3.05) is 25.6 Å². The molecule has 2 aromatic carbocycles. The van der Waals surface area contributed by atoms with Crippen LogP contribution < -0.4 is 10.1 Å². The summed E-state index contributed by atoms with van der Waals surface area (Å²) in [6.45, 7) is 4.07. The van der Waals surface area contributed by atoms with Crippen LogP contribution in [-0.2, 0) is 11.3 Å². The molecule has 2 aromatic rings. The summed E-state index contributed by atoms with van der Waals surface area (Å²) >= 11 is 0. The van der Waals surface area contributed by atoms with E-state index < -0.39 is 0 Å². The van der Waals surface area contributed by atoms with Crippen molar-refractivity contribution in [3.05, 3.63) is 59.7 Å². The van der Waals surface area contributed by atoms with E-state index in [1.165, 1.54) is 5.56 Å². The van der Waals surface area contributed by atoms with Crippen molar-refractivity contribution >= 4 is 5.69 Å². The molecule has 0 aromatic heterocycles. The molecule has 0 saturated carbocycles. The fourth-order valence-electron chi connectivity index (χ4n) is 1.92. The van der Waals surface area contributed by atoms with E-state index in [2.05, 4.69) is 36.5 Å². The third kappa shape index (κ3) is 4.28. The molecule has 0 radical (unpaired) electrons. The topological polar surface area (TPSA) is 30.5 Å². The second kappa shape index (κ2) is 7.56. The Kier molecular flexibility index (Phi) is 5.44. The number of hydrogen-bond donors (Lipinski definition) is 1. The Labute approximate surface area is 120 Å². The number of ether oxygens (including phenoxy) is 2. The fraction of sp³-hybridized carbons (Fsp3) is 0.294. The summed E-state index contributed by atoms with van der Waals surface area (Å²) in [7, 11) is 1.70. The van der Waals surface area contributed by atoms with Gasteiger partial charge in [0.1, 0.15) is 12.4 Å². The summed E-state index contributed by atoms with van der Waals surface area (Å²) in [5.74, 6) is 0.880. The monoisotopic (exact) mass is 271 g/mol. The highest BCUT2D eigenvalue weighted by Gasteiger charge is 2.04. The first kappa shape index (κ1) is 14.4. The average molecular weight is 271 g/mol. The van der Waals surface area contributed by atoms with Crippen LogP contribution in [0.4, 0.5) is 5.69 Å². The Balaban J connectivity index is 2.03. The summed E-state index contributed by atoms with van der Waals surface area (Å²) in [6.07, 6.45) is 0. The van der Waals surface area contributed by atoms with Gasteiger partial charge in [0.2, 0.25) is 0 Å². The highest BCUT2D eigenvalue weighted by molar-refractivity contribution is 5.57. The second-order valence-electron chi connectivity index (χ2n) is 4.69. The molecule has 0 bridgehead atoms. The number of hydrogen-bond acceptors (Lipinski definition) is 3. The Morgan fingerprint density at radius 3 is 2.60 bits per heavy atom. The van der Waals surface area contributed by atoms with Crippen LogP contribution in [-0.4, -0.2) is 20.3 Å². The maximum atomic E-state index is 5.93. The van der Waals surface area contributed by atoms with E-state index in [-0.39, 0.29) is 0 Å². The smallest absolute Gasteiger partial charge is 0.143 e. The third-order valence-corrected chi connectivity index (χ3v) is 3.00. The minimum absolute atomic E-state index is 0.573. The van der Waals surface area contributed by atoms with Crippen LogP contribution in [0.5, 0.6) is 5.75 Å².